The number of halogens is 3. The molecular formula is C27H22F3N5O2S. The van der Waals surface area contributed by atoms with Crippen LogP contribution in [0.4, 0.5) is 18.9 Å². The molecular weight excluding hydrogens is 515 g/mol. The number of piperidine rings is 1. The van der Waals surface area contributed by atoms with Gasteiger partial charge in [-0.2, -0.15) is 13.2 Å². The second-order valence-corrected chi connectivity index (χ2v) is 10.2. The van der Waals surface area contributed by atoms with Crippen molar-refractivity contribution in [2.45, 2.75) is 24.9 Å². The Hall–Kier alpha value is -4.12. The van der Waals surface area contributed by atoms with Gasteiger partial charge in [0.15, 0.2) is 0 Å². The minimum absolute atomic E-state index is 0.0436. The van der Waals surface area contributed by atoms with Crippen LogP contribution in [0.2, 0.25) is 0 Å². The fraction of sp³-hybridized carbons (Fsp3) is 0.222. The molecule has 0 radical (unpaired) electrons. The van der Waals surface area contributed by atoms with Crippen LogP contribution in [0.15, 0.2) is 72.5 Å². The Bertz CT molecular complexity index is 1610. The summed E-state index contributed by atoms with van der Waals surface area (Å²) in [6.45, 7) is 1.33. The molecule has 5 heterocycles. The number of nitrogens with zero attached hydrogens (tertiary/aromatic N) is 4. The van der Waals surface area contributed by atoms with E-state index in [9.17, 15) is 22.8 Å². The number of pyridine rings is 1. The van der Waals surface area contributed by atoms with E-state index in [1.54, 1.807) is 23.5 Å². The van der Waals surface area contributed by atoms with E-state index < -0.39 is 17.8 Å². The van der Waals surface area contributed by atoms with Gasteiger partial charge in [-0.25, -0.2) is 4.98 Å². The van der Waals surface area contributed by atoms with Crippen molar-refractivity contribution in [1.29, 1.82) is 0 Å². The Balaban J connectivity index is 1.08. The molecule has 6 rings (SSSR count). The van der Waals surface area contributed by atoms with E-state index in [-0.39, 0.29) is 17.2 Å². The highest BCUT2D eigenvalue weighted by molar-refractivity contribution is 7.15. The molecule has 0 saturated carbocycles. The van der Waals surface area contributed by atoms with Crippen LogP contribution < -0.4 is 5.32 Å². The topological polar surface area (TPSA) is 71.1 Å². The molecule has 7 nitrogen and oxygen atoms in total. The van der Waals surface area contributed by atoms with E-state index in [0.717, 1.165) is 39.9 Å². The summed E-state index contributed by atoms with van der Waals surface area (Å²) in [5, 5.41) is 4.69. The van der Waals surface area contributed by atoms with Gasteiger partial charge in [-0.3, -0.25) is 14.0 Å². The van der Waals surface area contributed by atoms with Crippen LogP contribution >= 0.6 is 11.3 Å². The third-order valence-corrected chi connectivity index (χ3v) is 7.73. The molecule has 194 valence electrons. The number of aromatic nitrogens is 3. The van der Waals surface area contributed by atoms with Crippen molar-refractivity contribution in [3.05, 3.63) is 95.0 Å². The summed E-state index contributed by atoms with van der Waals surface area (Å²) in [4.78, 5) is 32.6. The number of carbonyl (C=O) groups is 2. The van der Waals surface area contributed by atoms with Gasteiger partial charge in [-0.05, 0) is 54.7 Å². The number of amides is 2. The van der Waals surface area contributed by atoms with E-state index in [1.807, 2.05) is 45.3 Å². The number of benzene rings is 1. The zero-order valence-corrected chi connectivity index (χ0v) is 20.8. The van der Waals surface area contributed by atoms with Crippen molar-refractivity contribution in [1.82, 2.24) is 18.7 Å². The fourth-order valence-corrected chi connectivity index (χ4v) is 5.70. The lowest BCUT2D eigenvalue weighted by atomic mass is 9.89. The van der Waals surface area contributed by atoms with Gasteiger partial charge in [-0.1, -0.05) is 18.2 Å². The summed E-state index contributed by atoms with van der Waals surface area (Å²) in [5.74, 6) is -0.251. The molecule has 0 bridgehead atoms. The quantitative estimate of drug-likeness (QED) is 0.309. The van der Waals surface area contributed by atoms with Gasteiger partial charge in [0, 0.05) is 42.7 Å². The van der Waals surface area contributed by atoms with Gasteiger partial charge in [-0.15, -0.1) is 11.3 Å². The Morgan fingerprint density at radius 2 is 1.79 bits per heavy atom. The van der Waals surface area contributed by atoms with Crippen LogP contribution in [0.1, 0.15) is 50.9 Å². The van der Waals surface area contributed by atoms with Gasteiger partial charge in [0.25, 0.3) is 11.8 Å². The highest BCUT2D eigenvalue weighted by Gasteiger charge is 2.33. The third kappa shape index (κ3) is 4.53. The molecule has 0 spiro atoms. The number of anilines is 1. The molecule has 0 unspecified atom stereocenters. The lowest BCUT2D eigenvalue weighted by molar-refractivity contribution is -0.142. The molecule has 1 aromatic carbocycles. The van der Waals surface area contributed by atoms with E-state index in [1.165, 1.54) is 12.1 Å². The van der Waals surface area contributed by atoms with E-state index in [0.29, 0.717) is 30.3 Å². The van der Waals surface area contributed by atoms with Crippen molar-refractivity contribution in [3.8, 4) is 0 Å². The molecule has 1 fully saturated rings. The summed E-state index contributed by atoms with van der Waals surface area (Å²) < 4.78 is 42.6. The van der Waals surface area contributed by atoms with Crippen molar-refractivity contribution >= 4 is 39.3 Å². The third-order valence-electron chi connectivity index (χ3n) is 6.91. The average molecular weight is 538 g/mol. The first-order valence-corrected chi connectivity index (χ1v) is 13.0. The number of likely N-dealkylation sites (tertiary alicyclic amines) is 1. The highest BCUT2D eigenvalue weighted by atomic mass is 32.1. The predicted octanol–water partition coefficient (Wildman–Crippen LogP) is 5.94. The Labute approximate surface area is 219 Å². The Morgan fingerprint density at radius 1 is 1.03 bits per heavy atom. The molecule has 4 aromatic heterocycles. The molecule has 1 aliphatic heterocycles. The maximum Gasteiger partial charge on any atom is 0.431 e. The minimum Gasteiger partial charge on any atom is -0.339 e. The molecule has 11 heteroatoms. The van der Waals surface area contributed by atoms with Gasteiger partial charge in [0.05, 0.1) is 10.4 Å². The molecule has 1 aliphatic rings. The molecule has 1 saturated heterocycles. The molecule has 0 aliphatic carbocycles. The number of nitrogens with one attached hydrogen (secondary N) is 1. The average Bonchev–Trinajstić information content (AvgIpc) is 3.63. The first kappa shape index (κ1) is 24.2. The Kier molecular flexibility index (Phi) is 5.94. The first-order valence-electron chi connectivity index (χ1n) is 12.1. The van der Waals surface area contributed by atoms with Gasteiger partial charge in [0.1, 0.15) is 17.0 Å². The van der Waals surface area contributed by atoms with Crippen molar-refractivity contribution in [3.63, 3.8) is 0 Å². The number of imidazole rings is 1. The van der Waals surface area contributed by atoms with Crippen LogP contribution in [0.25, 0.3) is 10.5 Å². The van der Waals surface area contributed by atoms with Crippen molar-refractivity contribution in [2.75, 3.05) is 18.4 Å². The summed E-state index contributed by atoms with van der Waals surface area (Å²) in [5.41, 5.74) is 1.38. The monoisotopic (exact) mass is 537 g/mol. The number of hydrogen-bond acceptors (Lipinski definition) is 4. The van der Waals surface area contributed by atoms with E-state index in [4.69, 9.17) is 0 Å². The van der Waals surface area contributed by atoms with Crippen molar-refractivity contribution in [2.24, 2.45) is 0 Å². The number of fused-ring (bicyclic) bond motifs is 2. The van der Waals surface area contributed by atoms with E-state index >= 15 is 0 Å². The molecule has 0 atom stereocenters. The number of rotatable bonds is 4. The minimum atomic E-state index is -4.56. The zero-order valence-electron chi connectivity index (χ0n) is 20.0. The summed E-state index contributed by atoms with van der Waals surface area (Å²) in [6.07, 6.45) is 2.01. The molecule has 5 aromatic rings. The second kappa shape index (κ2) is 9.32. The first-order chi connectivity index (χ1) is 18.3. The van der Waals surface area contributed by atoms with Crippen LogP contribution in [-0.4, -0.2) is 43.6 Å². The van der Waals surface area contributed by atoms with Gasteiger partial charge in [0.2, 0.25) is 0 Å². The molecule has 2 amide bonds. The zero-order chi connectivity index (χ0) is 26.4. The number of hydrogen-bond donors (Lipinski definition) is 1. The van der Waals surface area contributed by atoms with E-state index in [2.05, 4.69) is 10.3 Å². The largest absolute Gasteiger partial charge is 0.431 e. The standard InChI is InChI=1S/C27H22F3N5O2S/c28-27(29,30)22-2-1-3-23-32-21(16-35(22)23)25(36)31-20-6-4-17(5-7-20)18-8-10-33(11-9-18)26(37)19-14-24-34(15-19)12-13-38-24/h1-7,12-16,18H,8-11H2,(H,31,36). The number of thiazole rings is 1. The number of alkyl halides is 3. The maximum atomic E-state index is 13.3. The van der Waals surface area contributed by atoms with Crippen molar-refractivity contribution < 1.29 is 22.8 Å². The summed E-state index contributed by atoms with van der Waals surface area (Å²) in [6, 6.07) is 13.0. The lowest BCUT2D eigenvalue weighted by Gasteiger charge is -2.32. The normalized spacial score (nSPS) is 14.9. The fourth-order valence-electron chi connectivity index (χ4n) is 4.94. The number of carbonyl (C=O) groups excluding carboxylic acids is 2. The smallest absolute Gasteiger partial charge is 0.339 e. The van der Waals surface area contributed by atoms with Crippen LogP contribution in [0.3, 0.4) is 0 Å². The molecule has 38 heavy (non-hydrogen) atoms. The highest BCUT2D eigenvalue weighted by Crippen LogP contribution is 2.31. The summed E-state index contributed by atoms with van der Waals surface area (Å²) in [7, 11) is 0. The SMILES string of the molecule is O=C(Nc1ccc(C2CCN(C(=O)c3cc4sccn4c3)CC2)cc1)c1cn2c(C(F)(F)F)cccc2n1. The van der Waals surface area contributed by atoms with Gasteiger partial charge >= 0.3 is 6.18 Å². The van der Waals surface area contributed by atoms with Crippen LogP contribution in [-0.2, 0) is 6.18 Å². The maximum absolute atomic E-state index is 13.3. The van der Waals surface area contributed by atoms with Gasteiger partial charge < -0.3 is 14.6 Å². The predicted molar refractivity (Wildman–Crippen MR) is 138 cm³/mol. The molecule has 1 N–H and O–H groups in total. The second-order valence-electron chi connectivity index (χ2n) is 9.28. The van der Waals surface area contributed by atoms with Crippen LogP contribution in [0.5, 0.6) is 0 Å². The van der Waals surface area contributed by atoms with Crippen LogP contribution in [0, 0.1) is 0 Å². The Morgan fingerprint density at radius 3 is 2.50 bits per heavy atom. The summed E-state index contributed by atoms with van der Waals surface area (Å²) >= 11 is 1.60. The lowest BCUT2D eigenvalue weighted by Crippen LogP contribution is -2.37.